The van der Waals surface area contributed by atoms with Crippen LogP contribution in [0.2, 0.25) is 0 Å². The maximum atomic E-state index is 14.8. The molecular weight excluding hydrogens is 437 g/mol. The fourth-order valence-electron chi connectivity index (χ4n) is 5.69. The van der Waals surface area contributed by atoms with Gasteiger partial charge in [0.05, 0.1) is 11.8 Å². The number of rotatable bonds is 3. The molecule has 9 heteroatoms. The van der Waals surface area contributed by atoms with Crippen molar-refractivity contribution >= 4 is 17.6 Å². The predicted octanol–water partition coefficient (Wildman–Crippen LogP) is 4.62. The van der Waals surface area contributed by atoms with Crippen molar-refractivity contribution in [2.45, 2.75) is 77.6 Å². The SMILES string of the molecule is C[C@@H]1[C@H](C)CCC[C@H]1N1C(=O)[C@](NC(=O)c2ccco2)(C(F)(F)F)C2=C1CC(C)(C)CC2=O. The van der Waals surface area contributed by atoms with Crippen LogP contribution >= 0.6 is 0 Å². The molecule has 2 heterocycles. The number of amides is 2. The van der Waals surface area contributed by atoms with E-state index < -0.39 is 46.3 Å². The largest absolute Gasteiger partial charge is 0.459 e. The highest BCUT2D eigenvalue weighted by molar-refractivity contribution is 6.14. The second-order valence-electron chi connectivity index (χ2n) is 10.5. The van der Waals surface area contributed by atoms with Gasteiger partial charge in [0.25, 0.3) is 11.8 Å². The minimum atomic E-state index is -5.22. The zero-order valence-electron chi connectivity index (χ0n) is 19.2. The van der Waals surface area contributed by atoms with Crippen LogP contribution in [0.5, 0.6) is 0 Å². The second-order valence-corrected chi connectivity index (χ2v) is 10.5. The van der Waals surface area contributed by atoms with Crippen molar-refractivity contribution in [3.8, 4) is 0 Å². The lowest BCUT2D eigenvalue weighted by Gasteiger charge is -2.43. The number of furan rings is 1. The topological polar surface area (TPSA) is 79.6 Å². The maximum Gasteiger partial charge on any atom is 0.425 e. The van der Waals surface area contributed by atoms with Gasteiger partial charge in [0, 0.05) is 18.2 Å². The number of ketones is 1. The lowest BCUT2D eigenvalue weighted by Crippen LogP contribution is -2.67. The number of hydrogen-bond donors (Lipinski definition) is 1. The summed E-state index contributed by atoms with van der Waals surface area (Å²) in [6.07, 6.45) is -1.82. The first kappa shape index (κ1) is 23.6. The van der Waals surface area contributed by atoms with E-state index in [0.717, 1.165) is 19.1 Å². The van der Waals surface area contributed by atoms with Crippen molar-refractivity contribution in [1.82, 2.24) is 10.2 Å². The van der Waals surface area contributed by atoms with Crippen LogP contribution in [0.3, 0.4) is 0 Å². The molecule has 1 aromatic rings. The number of hydrogen-bond acceptors (Lipinski definition) is 4. The van der Waals surface area contributed by atoms with Crippen molar-refractivity contribution in [3.63, 3.8) is 0 Å². The average molecular weight is 467 g/mol. The van der Waals surface area contributed by atoms with E-state index in [0.29, 0.717) is 6.42 Å². The average Bonchev–Trinajstić information content (AvgIpc) is 3.30. The number of alkyl halides is 3. The van der Waals surface area contributed by atoms with Crippen molar-refractivity contribution in [2.24, 2.45) is 17.3 Å². The van der Waals surface area contributed by atoms with Crippen LogP contribution in [0.4, 0.5) is 13.2 Å². The third-order valence-corrected chi connectivity index (χ3v) is 7.52. The van der Waals surface area contributed by atoms with E-state index in [1.165, 1.54) is 17.0 Å². The van der Waals surface area contributed by atoms with Gasteiger partial charge >= 0.3 is 6.18 Å². The van der Waals surface area contributed by atoms with E-state index in [1.54, 1.807) is 13.8 Å². The fraction of sp³-hybridized carbons (Fsp3) is 0.625. The fourth-order valence-corrected chi connectivity index (χ4v) is 5.69. The van der Waals surface area contributed by atoms with E-state index >= 15 is 0 Å². The van der Waals surface area contributed by atoms with Gasteiger partial charge in [-0.1, -0.05) is 40.5 Å². The highest BCUT2D eigenvalue weighted by atomic mass is 19.4. The first-order valence-corrected chi connectivity index (χ1v) is 11.3. The van der Waals surface area contributed by atoms with Crippen LogP contribution in [0.15, 0.2) is 34.1 Å². The Morgan fingerprint density at radius 3 is 2.48 bits per heavy atom. The van der Waals surface area contributed by atoms with Crippen LogP contribution in [0.25, 0.3) is 0 Å². The Bertz CT molecular complexity index is 1010. The molecule has 3 aliphatic rings. The number of halogens is 3. The predicted molar refractivity (Wildman–Crippen MR) is 113 cm³/mol. The van der Waals surface area contributed by atoms with Crippen LogP contribution in [-0.2, 0) is 9.59 Å². The Balaban J connectivity index is 1.91. The first-order chi connectivity index (χ1) is 15.3. The summed E-state index contributed by atoms with van der Waals surface area (Å²) in [7, 11) is 0. The van der Waals surface area contributed by atoms with Gasteiger partial charge in [0.1, 0.15) is 0 Å². The molecule has 0 spiro atoms. The summed E-state index contributed by atoms with van der Waals surface area (Å²) in [5, 5.41) is 1.91. The van der Waals surface area contributed by atoms with Crippen molar-refractivity contribution < 1.29 is 32.0 Å². The van der Waals surface area contributed by atoms with Gasteiger partial charge in [-0.05, 0) is 42.2 Å². The molecule has 6 nitrogen and oxygen atoms in total. The van der Waals surface area contributed by atoms with Gasteiger partial charge in [0.2, 0.25) is 5.54 Å². The highest BCUT2D eigenvalue weighted by Gasteiger charge is 2.72. The lowest BCUT2D eigenvalue weighted by molar-refractivity contribution is -0.192. The van der Waals surface area contributed by atoms with Crippen LogP contribution < -0.4 is 5.32 Å². The molecule has 1 fully saturated rings. The van der Waals surface area contributed by atoms with Gasteiger partial charge in [-0.2, -0.15) is 13.2 Å². The number of allylic oxidation sites excluding steroid dienone is 1. The molecule has 1 aromatic heterocycles. The number of carbonyl (C=O) groups is 3. The summed E-state index contributed by atoms with van der Waals surface area (Å²) in [6.45, 7) is 7.57. The second kappa shape index (κ2) is 7.74. The molecule has 2 amide bonds. The standard InChI is InChI=1S/C24H29F3N2O4/c1-13-7-5-8-15(14(13)2)29-16-11-22(3,4)12-17(30)19(16)23(21(29)32,24(25,26)27)28-20(31)18-9-6-10-33-18/h6,9-10,13-15H,5,7-8,11-12H2,1-4H3,(H,28,31)/t13-,14-,15-,23+/m1/s1. The van der Waals surface area contributed by atoms with Gasteiger partial charge in [-0.3, -0.25) is 14.4 Å². The smallest absolute Gasteiger partial charge is 0.425 e. The summed E-state index contributed by atoms with van der Waals surface area (Å²) in [5.74, 6) is -3.45. The van der Waals surface area contributed by atoms with Crippen LogP contribution in [0.1, 0.15) is 70.4 Å². The monoisotopic (exact) mass is 466 g/mol. The Hall–Kier alpha value is -2.58. The Labute approximate surface area is 190 Å². The maximum absolute atomic E-state index is 14.8. The van der Waals surface area contributed by atoms with E-state index in [1.807, 2.05) is 19.2 Å². The molecule has 4 rings (SSSR count). The van der Waals surface area contributed by atoms with Crippen molar-refractivity contribution in [1.29, 1.82) is 0 Å². The lowest BCUT2D eigenvalue weighted by atomic mass is 9.72. The molecule has 0 radical (unpaired) electrons. The number of nitrogens with one attached hydrogen (secondary N) is 1. The Morgan fingerprint density at radius 1 is 1.18 bits per heavy atom. The summed E-state index contributed by atoms with van der Waals surface area (Å²) in [5.41, 5.74) is -4.57. The highest BCUT2D eigenvalue weighted by Crippen LogP contribution is 2.53. The molecule has 180 valence electrons. The summed E-state index contributed by atoms with van der Waals surface area (Å²) in [6, 6.07) is 2.10. The molecule has 4 atom stereocenters. The molecular formula is C24H29F3N2O4. The van der Waals surface area contributed by atoms with E-state index in [4.69, 9.17) is 4.42 Å². The quantitative estimate of drug-likeness (QED) is 0.705. The van der Waals surface area contributed by atoms with Crippen molar-refractivity contribution in [3.05, 3.63) is 35.4 Å². The third kappa shape index (κ3) is 3.60. The minimum Gasteiger partial charge on any atom is -0.459 e. The van der Waals surface area contributed by atoms with E-state index in [9.17, 15) is 27.6 Å². The van der Waals surface area contributed by atoms with Gasteiger partial charge in [0.15, 0.2) is 11.5 Å². The van der Waals surface area contributed by atoms with Gasteiger partial charge < -0.3 is 14.6 Å². The van der Waals surface area contributed by atoms with E-state index in [-0.39, 0.29) is 36.1 Å². The zero-order valence-corrected chi connectivity index (χ0v) is 19.2. The van der Waals surface area contributed by atoms with Crippen LogP contribution in [-0.4, -0.2) is 40.3 Å². The summed E-state index contributed by atoms with van der Waals surface area (Å²) in [4.78, 5) is 41.0. The molecule has 0 saturated heterocycles. The Morgan fingerprint density at radius 2 is 1.88 bits per heavy atom. The molecule has 0 aromatic carbocycles. The summed E-state index contributed by atoms with van der Waals surface area (Å²) < 4.78 is 49.5. The molecule has 1 N–H and O–H groups in total. The molecule has 0 bridgehead atoms. The summed E-state index contributed by atoms with van der Waals surface area (Å²) >= 11 is 0. The van der Waals surface area contributed by atoms with Gasteiger partial charge in [-0.15, -0.1) is 0 Å². The van der Waals surface area contributed by atoms with Crippen LogP contribution in [0, 0.1) is 17.3 Å². The molecule has 0 unspecified atom stereocenters. The third-order valence-electron chi connectivity index (χ3n) is 7.52. The molecule has 2 aliphatic carbocycles. The normalized spacial score (nSPS) is 32.2. The minimum absolute atomic E-state index is 0.0543. The molecule has 33 heavy (non-hydrogen) atoms. The van der Waals surface area contributed by atoms with Gasteiger partial charge in [-0.25, -0.2) is 0 Å². The first-order valence-electron chi connectivity index (χ1n) is 11.3. The number of Topliss-reactive ketones (excluding diaryl/α,β-unsaturated/α-hetero) is 1. The number of carbonyl (C=O) groups excluding carboxylic acids is 3. The van der Waals surface area contributed by atoms with Crippen molar-refractivity contribution in [2.75, 3.05) is 0 Å². The Kier molecular flexibility index (Phi) is 5.53. The molecule has 1 aliphatic heterocycles. The van der Waals surface area contributed by atoms with E-state index in [2.05, 4.69) is 0 Å². The molecule has 1 saturated carbocycles. The zero-order chi connectivity index (χ0) is 24.3. The number of nitrogens with zero attached hydrogens (tertiary/aromatic N) is 1.